The zero-order valence-corrected chi connectivity index (χ0v) is 13.4. The molecule has 0 fully saturated rings. The van der Waals surface area contributed by atoms with Crippen molar-refractivity contribution in [3.8, 4) is 0 Å². The van der Waals surface area contributed by atoms with E-state index in [1.807, 2.05) is 18.2 Å². The van der Waals surface area contributed by atoms with Gasteiger partial charge in [-0.15, -0.1) is 0 Å². The normalized spacial score (nSPS) is 13.4. The molecule has 2 atom stereocenters. The standard InChI is InChI=1S/C19H23NO2/c1-14(16-7-5-4-6-8-16)15(2)17-9-11-18(12-10-17)20(3)13-19(21)22/h4-12,14-15H,13H2,1-3H3,(H,21,22). The molecule has 0 spiro atoms. The number of hydrogen-bond acceptors (Lipinski definition) is 2. The van der Waals surface area contributed by atoms with Gasteiger partial charge in [0.15, 0.2) is 0 Å². The van der Waals surface area contributed by atoms with E-state index in [1.54, 1.807) is 11.9 Å². The molecule has 0 aliphatic rings. The third kappa shape index (κ3) is 3.88. The summed E-state index contributed by atoms with van der Waals surface area (Å²) in [6, 6.07) is 18.7. The summed E-state index contributed by atoms with van der Waals surface area (Å²) in [5.74, 6) is 0.0164. The number of rotatable bonds is 6. The van der Waals surface area contributed by atoms with Gasteiger partial charge in [-0.05, 0) is 35.1 Å². The second-order valence-corrected chi connectivity index (χ2v) is 5.83. The van der Waals surface area contributed by atoms with Crippen molar-refractivity contribution in [2.45, 2.75) is 25.7 Å². The van der Waals surface area contributed by atoms with Crippen molar-refractivity contribution < 1.29 is 9.90 Å². The molecular formula is C19H23NO2. The third-order valence-electron chi connectivity index (χ3n) is 4.31. The minimum absolute atomic E-state index is 0.00924. The minimum atomic E-state index is -0.822. The summed E-state index contributed by atoms with van der Waals surface area (Å²) in [5.41, 5.74) is 3.52. The first-order valence-corrected chi connectivity index (χ1v) is 7.57. The third-order valence-corrected chi connectivity index (χ3v) is 4.31. The summed E-state index contributed by atoms with van der Waals surface area (Å²) in [7, 11) is 1.79. The Balaban J connectivity index is 2.11. The molecule has 0 saturated heterocycles. The monoisotopic (exact) mass is 297 g/mol. The maximum atomic E-state index is 10.8. The highest BCUT2D eigenvalue weighted by atomic mass is 16.4. The quantitative estimate of drug-likeness (QED) is 0.872. The number of benzene rings is 2. The summed E-state index contributed by atoms with van der Waals surface area (Å²) in [4.78, 5) is 12.5. The van der Waals surface area contributed by atoms with Crippen molar-refractivity contribution in [3.05, 3.63) is 65.7 Å². The van der Waals surface area contributed by atoms with Gasteiger partial charge in [0.2, 0.25) is 0 Å². The zero-order chi connectivity index (χ0) is 16.1. The largest absolute Gasteiger partial charge is 0.480 e. The molecule has 0 amide bonds. The van der Waals surface area contributed by atoms with Gasteiger partial charge in [-0.1, -0.05) is 56.3 Å². The Labute approximate surface area is 132 Å². The molecule has 0 aliphatic heterocycles. The summed E-state index contributed by atoms with van der Waals surface area (Å²) in [6.45, 7) is 4.48. The smallest absolute Gasteiger partial charge is 0.323 e. The zero-order valence-electron chi connectivity index (χ0n) is 13.4. The van der Waals surface area contributed by atoms with Crippen molar-refractivity contribution in [2.75, 3.05) is 18.5 Å². The van der Waals surface area contributed by atoms with Crippen molar-refractivity contribution in [3.63, 3.8) is 0 Å². The fraction of sp³-hybridized carbons (Fsp3) is 0.316. The Morgan fingerprint density at radius 2 is 1.45 bits per heavy atom. The van der Waals surface area contributed by atoms with Crippen LogP contribution in [0.3, 0.4) is 0 Å². The number of likely N-dealkylation sites (N-methyl/N-ethyl adjacent to an activating group) is 1. The predicted octanol–water partition coefficient (Wildman–Crippen LogP) is 4.11. The van der Waals surface area contributed by atoms with Gasteiger partial charge in [0.25, 0.3) is 0 Å². The van der Waals surface area contributed by atoms with Gasteiger partial charge in [-0.3, -0.25) is 4.79 Å². The number of carboxylic acids is 1. The fourth-order valence-electron chi connectivity index (χ4n) is 2.66. The molecule has 0 aliphatic carbocycles. The lowest BCUT2D eigenvalue weighted by Gasteiger charge is -2.22. The molecule has 2 aromatic rings. The van der Waals surface area contributed by atoms with Gasteiger partial charge in [0.05, 0.1) is 0 Å². The molecule has 3 heteroatoms. The topological polar surface area (TPSA) is 40.5 Å². The van der Waals surface area contributed by atoms with Crippen LogP contribution in [0.2, 0.25) is 0 Å². The van der Waals surface area contributed by atoms with Crippen LogP contribution in [-0.4, -0.2) is 24.7 Å². The summed E-state index contributed by atoms with van der Waals surface area (Å²) in [5, 5.41) is 8.85. The Bertz CT molecular complexity index is 607. The van der Waals surface area contributed by atoms with Gasteiger partial charge in [0, 0.05) is 12.7 Å². The van der Waals surface area contributed by atoms with Crippen LogP contribution in [0.5, 0.6) is 0 Å². The SMILES string of the molecule is CC(c1ccccc1)C(C)c1ccc(N(C)CC(=O)O)cc1. The first-order chi connectivity index (χ1) is 10.5. The summed E-state index contributed by atoms with van der Waals surface area (Å²) in [6.07, 6.45) is 0. The number of carbonyl (C=O) groups is 1. The number of carboxylic acid groups (broad SMARTS) is 1. The first kappa shape index (κ1) is 16.1. The number of anilines is 1. The molecule has 2 rings (SSSR count). The minimum Gasteiger partial charge on any atom is -0.480 e. The number of aliphatic carboxylic acids is 1. The summed E-state index contributed by atoms with van der Waals surface area (Å²) >= 11 is 0. The lowest BCUT2D eigenvalue weighted by molar-refractivity contribution is -0.135. The molecule has 0 bridgehead atoms. The van der Waals surface area contributed by atoms with Crippen molar-refractivity contribution >= 4 is 11.7 Å². The lowest BCUT2D eigenvalue weighted by atomic mass is 9.84. The van der Waals surface area contributed by atoms with E-state index in [2.05, 4.69) is 50.2 Å². The van der Waals surface area contributed by atoms with Gasteiger partial charge in [-0.25, -0.2) is 0 Å². The van der Waals surface area contributed by atoms with E-state index in [-0.39, 0.29) is 6.54 Å². The van der Waals surface area contributed by atoms with E-state index < -0.39 is 5.97 Å². The highest BCUT2D eigenvalue weighted by molar-refractivity contribution is 5.73. The predicted molar refractivity (Wildman–Crippen MR) is 90.6 cm³/mol. The van der Waals surface area contributed by atoms with E-state index in [1.165, 1.54) is 11.1 Å². The van der Waals surface area contributed by atoms with Gasteiger partial charge >= 0.3 is 5.97 Å². The average Bonchev–Trinajstić information content (AvgIpc) is 2.54. The maximum Gasteiger partial charge on any atom is 0.323 e. The molecule has 0 radical (unpaired) electrons. The average molecular weight is 297 g/mol. The molecule has 0 heterocycles. The van der Waals surface area contributed by atoms with E-state index >= 15 is 0 Å². The van der Waals surface area contributed by atoms with Crippen LogP contribution in [0.4, 0.5) is 5.69 Å². The molecule has 0 saturated carbocycles. The molecule has 2 unspecified atom stereocenters. The molecule has 116 valence electrons. The molecule has 2 aromatic carbocycles. The second kappa shape index (κ2) is 7.12. The molecule has 1 N–H and O–H groups in total. The highest BCUT2D eigenvalue weighted by Gasteiger charge is 2.16. The fourth-order valence-corrected chi connectivity index (χ4v) is 2.66. The first-order valence-electron chi connectivity index (χ1n) is 7.57. The van der Waals surface area contributed by atoms with Crippen LogP contribution < -0.4 is 4.90 Å². The van der Waals surface area contributed by atoms with Crippen LogP contribution in [0.15, 0.2) is 54.6 Å². The van der Waals surface area contributed by atoms with Crippen LogP contribution in [-0.2, 0) is 4.79 Å². The van der Waals surface area contributed by atoms with Crippen LogP contribution in [0.1, 0.15) is 36.8 Å². The van der Waals surface area contributed by atoms with Crippen LogP contribution in [0.25, 0.3) is 0 Å². The number of nitrogens with zero attached hydrogens (tertiary/aromatic N) is 1. The Kier molecular flexibility index (Phi) is 5.21. The van der Waals surface area contributed by atoms with Gasteiger partial charge < -0.3 is 10.0 Å². The molecule has 3 nitrogen and oxygen atoms in total. The highest BCUT2D eigenvalue weighted by Crippen LogP contribution is 2.32. The van der Waals surface area contributed by atoms with Gasteiger partial charge in [0.1, 0.15) is 6.54 Å². The second-order valence-electron chi connectivity index (χ2n) is 5.83. The number of hydrogen-bond donors (Lipinski definition) is 1. The lowest BCUT2D eigenvalue weighted by Crippen LogP contribution is -2.24. The van der Waals surface area contributed by atoms with E-state index in [4.69, 9.17) is 5.11 Å². The molecular weight excluding hydrogens is 274 g/mol. The van der Waals surface area contributed by atoms with E-state index in [9.17, 15) is 4.79 Å². The molecule has 0 aromatic heterocycles. The Morgan fingerprint density at radius 3 is 1.95 bits per heavy atom. The molecule has 22 heavy (non-hydrogen) atoms. The van der Waals surface area contributed by atoms with E-state index in [0.717, 1.165) is 5.69 Å². The Hall–Kier alpha value is -2.29. The van der Waals surface area contributed by atoms with Crippen molar-refractivity contribution in [2.24, 2.45) is 0 Å². The maximum absolute atomic E-state index is 10.8. The Morgan fingerprint density at radius 1 is 0.955 bits per heavy atom. The van der Waals surface area contributed by atoms with Crippen molar-refractivity contribution in [1.82, 2.24) is 0 Å². The van der Waals surface area contributed by atoms with Crippen LogP contribution >= 0.6 is 0 Å². The van der Waals surface area contributed by atoms with E-state index in [0.29, 0.717) is 11.8 Å². The van der Waals surface area contributed by atoms with Gasteiger partial charge in [-0.2, -0.15) is 0 Å². The van der Waals surface area contributed by atoms with Crippen molar-refractivity contribution in [1.29, 1.82) is 0 Å². The van der Waals surface area contributed by atoms with Crippen LogP contribution in [0, 0.1) is 0 Å². The summed E-state index contributed by atoms with van der Waals surface area (Å²) < 4.78 is 0.